The van der Waals surface area contributed by atoms with Gasteiger partial charge in [-0.25, -0.2) is 0 Å². The number of benzene rings is 1. The quantitative estimate of drug-likeness (QED) is 0.461. The van der Waals surface area contributed by atoms with Gasteiger partial charge in [0.05, 0.1) is 16.3 Å². The molecule has 0 amide bonds. The highest BCUT2D eigenvalue weighted by Crippen LogP contribution is 2.18. The first-order chi connectivity index (χ1) is 7.52. The van der Waals surface area contributed by atoms with Crippen molar-refractivity contribution in [3.63, 3.8) is 0 Å². The minimum atomic E-state index is -1.82. The summed E-state index contributed by atoms with van der Waals surface area (Å²) in [7, 11) is 0. The second-order valence-corrected chi connectivity index (χ2v) is 3.22. The van der Waals surface area contributed by atoms with Crippen molar-refractivity contribution in [3.05, 3.63) is 50.1 Å². The van der Waals surface area contributed by atoms with E-state index in [4.69, 9.17) is 0 Å². The minimum absolute atomic E-state index is 0.00653. The fourth-order valence-electron chi connectivity index (χ4n) is 1.29. The van der Waals surface area contributed by atoms with Crippen LogP contribution in [0, 0.1) is 20.2 Å². The van der Waals surface area contributed by atoms with E-state index in [-0.39, 0.29) is 18.6 Å². The van der Waals surface area contributed by atoms with E-state index in [1.165, 1.54) is 6.07 Å². The zero-order chi connectivity index (χ0) is 12.1. The molecule has 0 aromatic heterocycles. The fourth-order valence-corrected chi connectivity index (χ4v) is 1.29. The number of hydrogen-bond donors (Lipinski definition) is 1. The van der Waals surface area contributed by atoms with Crippen LogP contribution < -0.4 is 0 Å². The summed E-state index contributed by atoms with van der Waals surface area (Å²) in [5.41, 5.74) is 0.469. The Labute approximate surface area is 90.6 Å². The van der Waals surface area contributed by atoms with E-state index in [9.17, 15) is 25.3 Å². The van der Waals surface area contributed by atoms with Crippen molar-refractivity contribution in [1.82, 2.24) is 0 Å². The summed E-state index contributed by atoms with van der Waals surface area (Å²) in [5, 5.41) is 30.1. The number of aromatic hydroxyl groups is 1. The summed E-state index contributed by atoms with van der Waals surface area (Å²) in [6.45, 7) is 0. The number of nitrogens with zero attached hydrogens (tertiary/aromatic N) is 2. The first kappa shape index (κ1) is 11.9. The zero-order valence-corrected chi connectivity index (χ0v) is 8.28. The van der Waals surface area contributed by atoms with Crippen LogP contribution in [0.5, 0.6) is 5.75 Å². The Morgan fingerprint density at radius 3 is 2.25 bits per heavy atom. The van der Waals surface area contributed by atoms with Gasteiger partial charge < -0.3 is 5.11 Å². The second kappa shape index (κ2) is 5.06. The van der Waals surface area contributed by atoms with Crippen LogP contribution in [0.25, 0.3) is 0 Å². The standard InChI is InChI=1S/C9H10N2O5/c12-8-4-2-1-3-7(8)5-6-9(10(13)14)11(15)16/h1-4,9,12H,5-6H2. The Bertz CT molecular complexity index is 393. The van der Waals surface area contributed by atoms with Crippen molar-refractivity contribution in [2.24, 2.45) is 0 Å². The maximum atomic E-state index is 10.3. The van der Waals surface area contributed by atoms with Crippen molar-refractivity contribution in [2.45, 2.75) is 19.0 Å². The van der Waals surface area contributed by atoms with Crippen LogP contribution in [-0.4, -0.2) is 21.1 Å². The number of phenolic OH excluding ortho intramolecular Hbond substituents is 1. The van der Waals surface area contributed by atoms with Gasteiger partial charge in [0.15, 0.2) is 0 Å². The largest absolute Gasteiger partial charge is 0.508 e. The Balaban J connectivity index is 2.66. The maximum absolute atomic E-state index is 10.3. The average Bonchev–Trinajstić information content (AvgIpc) is 2.20. The van der Waals surface area contributed by atoms with E-state index < -0.39 is 16.0 Å². The van der Waals surface area contributed by atoms with Gasteiger partial charge in [-0.2, -0.15) is 0 Å². The molecular formula is C9H10N2O5. The molecule has 0 saturated carbocycles. The monoisotopic (exact) mass is 226 g/mol. The molecule has 1 N–H and O–H groups in total. The molecule has 1 aromatic carbocycles. The molecule has 0 spiro atoms. The molecule has 0 atom stereocenters. The lowest BCUT2D eigenvalue weighted by molar-refractivity contribution is -0.742. The number of hydrogen-bond acceptors (Lipinski definition) is 5. The predicted molar refractivity (Wildman–Crippen MR) is 54.2 cm³/mol. The highest BCUT2D eigenvalue weighted by atomic mass is 16.7. The lowest BCUT2D eigenvalue weighted by Crippen LogP contribution is -2.29. The van der Waals surface area contributed by atoms with Crippen LogP contribution in [0.2, 0.25) is 0 Å². The molecule has 7 nitrogen and oxygen atoms in total. The van der Waals surface area contributed by atoms with Gasteiger partial charge in [-0.15, -0.1) is 0 Å². The number of aryl methyl sites for hydroxylation is 1. The number of rotatable bonds is 5. The Morgan fingerprint density at radius 2 is 1.75 bits per heavy atom. The van der Waals surface area contributed by atoms with E-state index in [1.54, 1.807) is 18.2 Å². The van der Waals surface area contributed by atoms with Crippen LogP contribution in [0.15, 0.2) is 24.3 Å². The number of nitro groups is 2. The number of phenols is 1. The van der Waals surface area contributed by atoms with Gasteiger partial charge in [0, 0.05) is 0 Å². The molecule has 0 aliphatic heterocycles. The van der Waals surface area contributed by atoms with Crippen molar-refractivity contribution in [1.29, 1.82) is 0 Å². The van der Waals surface area contributed by atoms with Gasteiger partial charge >= 0.3 is 6.17 Å². The van der Waals surface area contributed by atoms with Gasteiger partial charge in [-0.3, -0.25) is 20.2 Å². The first-order valence-corrected chi connectivity index (χ1v) is 4.56. The zero-order valence-electron chi connectivity index (χ0n) is 8.28. The van der Waals surface area contributed by atoms with Crippen LogP contribution in [0.1, 0.15) is 12.0 Å². The summed E-state index contributed by atoms with van der Waals surface area (Å²) in [4.78, 5) is 18.8. The molecule has 16 heavy (non-hydrogen) atoms. The van der Waals surface area contributed by atoms with Gasteiger partial charge in [0.1, 0.15) is 5.75 Å². The van der Waals surface area contributed by atoms with Crippen LogP contribution >= 0.6 is 0 Å². The molecule has 0 aliphatic rings. The van der Waals surface area contributed by atoms with E-state index >= 15 is 0 Å². The summed E-state index contributed by atoms with van der Waals surface area (Å²) >= 11 is 0. The number of para-hydroxylation sites is 1. The molecule has 0 saturated heterocycles. The van der Waals surface area contributed by atoms with E-state index in [0.29, 0.717) is 5.56 Å². The highest BCUT2D eigenvalue weighted by Gasteiger charge is 2.31. The Morgan fingerprint density at radius 1 is 1.19 bits per heavy atom. The summed E-state index contributed by atoms with van der Waals surface area (Å²) in [6.07, 6.45) is -1.96. The van der Waals surface area contributed by atoms with Crippen molar-refractivity contribution < 1.29 is 15.0 Å². The first-order valence-electron chi connectivity index (χ1n) is 4.56. The lowest BCUT2D eigenvalue weighted by Gasteiger charge is -2.04. The van der Waals surface area contributed by atoms with Gasteiger partial charge in [-0.1, -0.05) is 18.2 Å². The third-order valence-corrected chi connectivity index (χ3v) is 2.15. The van der Waals surface area contributed by atoms with E-state index in [0.717, 1.165) is 0 Å². The molecule has 1 aromatic rings. The predicted octanol–water partition coefficient (Wildman–Crippen LogP) is 1.20. The van der Waals surface area contributed by atoms with Gasteiger partial charge in [0.2, 0.25) is 0 Å². The molecule has 7 heteroatoms. The van der Waals surface area contributed by atoms with Crippen LogP contribution in [0.4, 0.5) is 0 Å². The molecule has 0 bridgehead atoms. The molecule has 0 heterocycles. The molecular weight excluding hydrogens is 216 g/mol. The molecule has 1 rings (SSSR count). The van der Waals surface area contributed by atoms with Crippen molar-refractivity contribution in [2.75, 3.05) is 0 Å². The minimum Gasteiger partial charge on any atom is -0.508 e. The normalized spacial score (nSPS) is 10.3. The van der Waals surface area contributed by atoms with Crippen LogP contribution in [0.3, 0.4) is 0 Å². The SMILES string of the molecule is O=[N+]([O-])C(CCc1ccccc1O)[N+](=O)[O-]. The van der Waals surface area contributed by atoms with Crippen molar-refractivity contribution >= 4 is 0 Å². The summed E-state index contributed by atoms with van der Waals surface area (Å²) in [6, 6.07) is 6.27. The van der Waals surface area contributed by atoms with E-state index in [1.807, 2.05) is 0 Å². The van der Waals surface area contributed by atoms with Gasteiger partial charge in [-0.05, 0) is 18.1 Å². The van der Waals surface area contributed by atoms with E-state index in [2.05, 4.69) is 0 Å². The maximum Gasteiger partial charge on any atom is 0.451 e. The Hall–Kier alpha value is -2.18. The second-order valence-electron chi connectivity index (χ2n) is 3.22. The van der Waals surface area contributed by atoms with Crippen LogP contribution in [-0.2, 0) is 6.42 Å². The topological polar surface area (TPSA) is 107 Å². The third kappa shape index (κ3) is 2.91. The molecule has 86 valence electrons. The van der Waals surface area contributed by atoms with Gasteiger partial charge in [0.25, 0.3) is 0 Å². The molecule has 0 fully saturated rings. The fraction of sp³-hybridized carbons (Fsp3) is 0.333. The molecule has 0 aliphatic carbocycles. The Kier molecular flexibility index (Phi) is 3.76. The molecule has 0 radical (unpaired) electrons. The third-order valence-electron chi connectivity index (χ3n) is 2.15. The lowest BCUT2D eigenvalue weighted by atomic mass is 10.1. The highest BCUT2D eigenvalue weighted by molar-refractivity contribution is 5.31. The summed E-state index contributed by atoms with van der Waals surface area (Å²) < 4.78 is 0. The average molecular weight is 226 g/mol. The van der Waals surface area contributed by atoms with Crippen molar-refractivity contribution in [3.8, 4) is 5.75 Å². The smallest absolute Gasteiger partial charge is 0.451 e. The summed E-state index contributed by atoms with van der Waals surface area (Å²) in [5.74, 6) is -0.00653. The molecule has 0 unspecified atom stereocenters.